The lowest BCUT2D eigenvalue weighted by molar-refractivity contribution is 0.556. The van der Waals surface area contributed by atoms with Gasteiger partial charge < -0.3 is 4.98 Å². The molecule has 0 bridgehead atoms. The maximum absolute atomic E-state index is 12.5. The number of hydrogen-bond donors (Lipinski definition) is 1. The van der Waals surface area contributed by atoms with Crippen LogP contribution in [0.4, 0.5) is 4.39 Å². The summed E-state index contributed by atoms with van der Waals surface area (Å²) in [5, 5.41) is 0.000370. The lowest BCUT2D eigenvalue weighted by Crippen LogP contribution is -1.84. The van der Waals surface area contributed by atoms with Gasteiger partial charge in [0.1, 0.15) is 5.52 Å². The predicted molar refractivity (Wildman–Crippen MR) is 41.7 cm³/mol. The van der Waals surface area contributed by atoms with E-state index in [-0.39, 0.29) is 21.6 Å². The van der Waals surface area contributed by atoms with Crippen molar-refractivity contribution in [2.75, 3.05) is 0 Å². The average molecular weight is 207 g/mol. The molecule has 2 rings (SSSR count). The SMILES string of the molecule is Fc1nc2nc(Cl)nc(Cl)c2[nH]1. The van der Waals surface area contributed by atoms with Crippen LogP contribution in [-0.2, 0) is 0 Å². The van der Waals surface area contributed by atoms with Gasteiger partial charge >= 0.3 is 0 Å². The second-order valence-electron chi connectivity index (χ2n) is 2.01. The van der Waals surface area contributed by atoms with Gasteiger partial charge in [-0.25, -0.2) is 4.98 Å². The van der Waals surface area contributed by atoms with Gasteiger partial charge in [0.05, 0.1) is 0 Å². The molecule has 0 fully saturated rings. The Hall–Kier alpha value is -0.940. The highest BCUT2D eigenvalue weighted by Gasteiger charge is 2.09. The van der Waals surface area contributed by atoms with Crippen molar-refractivity contribution >= 4 is 34.4 Å². The van der Waals surface area contributed by atoms with Crippen molar-refractivity contribution in [2.45, 2.75) is 0 Å². The average Bonchev–Trinajstić information content (AvgIpc) is 2.29. The molecule has 0 radical (unpaired) electrons. The molecule has 0 spiro atoms. The maximum Gasteiger partial charge on any atom is 0.289 e. The van der Waals surface area contributed by atoms with E-state index < -0.39 is 6.08 Å². The Morgan fingerprint density at radius 2 is 1.92 bits per heavy atom. The second-order valence-corrected chi connectivity index (χ2v) is 2.71. The van der Waals surface area contributed by atoms with Crippen LogP contribution in [0.3, 0.4) is 0 Å². The lowest BCUT2D eigenvalue weighted by Gasteiger charge is -1.90. The summed E-state index contributed by atoms with van der Waals surface area (Å²) >= 11 is 11.1. The number of rotatable bonds is 0. The Labute approximate surface area is 75.8 Å². The number of nitrogens with zero attached hydrogens (tertiary/aromatic N) is 3. The molecule has 7 heteroatoms. The standard InChI is InChI=1S/C5HCl2FN4/c6-2-1-3(11-4(7)10-2)12-5(8)9-1/h(H,9,10,11,12). The molecule has 2 heterocycles. The molecule has 0 atom stereocenters. The maximum atomic E-state index is 12.5. The van der Waals surface area contributed by atoms with Gasteiger partial charge in [-0.2, -0.15) is 14.4 Å². The summed E-state index contributed by atoms with van der Waals surface area (Å²) in [5.41, 5.74) is 0.371. The van der Waals surface area contributed by atoms with E-state index in [0.29, 0.717) is 0 Å². The van der Waals surface area contributed by atoms with Crippen LogP contribution in [-0.4, -0.2) is 19.9 Å². The molecular formula is C5HCl2FN4. The first-order valence-corrected chi connectivity index (χ1v) is 3.66. The molecule has 0 saturated carbocycles. The van der Waals surface area contributed by atoms with Gasteiger partial charge in [-0.1, -0.05) is 11.6 Å². The highest BCUT2D eigenvalue weighted by molar-refractivity contribution is 6.35. The number of H-pyrrole nitrogens is 1. The van der Waals surface area contributed by atoms with Crippen LogP contribution in [0.5, 0.6) is 0 Å². The second kappa shape index (κ2) is 2.53. The molecule has 2 aromatic rings. The summed E-state index contributed by atoms with van der Waals surface area (Å²) in [6.45, 7) is 0. The summed E-state index contributed by atoms with van der Waals surface area (Å²) in [5.74, 6) is 0. The van der Waals surface area contributed by atoms with Crippen molar-refractivity contribution in [3.63, 3.8) is 0 Å². The number of aromatic nitrogens is 4. The number of nitrogens with one attached hydrogen (secondary N) is 1. The number of hydrogen-bond acceptors (Lipinski definition) is 3. The van der Waals surface area contributed by atoms with Crippen molar-refractivity contribution in [2.24, 2.45) is 0 Å². The van der Waals surface area contributed by atoms with Crippen molar-refractivity contribution < 1.29 is 4.39 Å². The van der Waals surface area contributed by atoms with Crippen LogP contribution >= 0.6 is 23.2 Å². The fourth-order valence-electron chi connectivity index (χ4n) is 0.810. The fraction of sp³-hybridized carbons (Fsp3) is 0. The van der Waals surface area contributed by atoms with Crippen LogP contribution in [0.1, 0.15) is 0 Å². The van der Waals surface area contributed by atoms with Gasteiger partial charge in [-0.15, -0.1) is 0 Å². The van der Waals surface area contributed by atoms with Gasteiger partial charge in [-0.3, -0.25) is 0 Å². The zero-order chi connectivity index (χ0) is 8.72. The molecule has 4 nitrogen and oxygen atoms in total. The van der Waals surface area contributed by atoms with E-state index in [9.17, 15) is 4.39 Å². The minimum atomic E-state index is -0.761. The molecular weight excluding hydrogens is 206 g/mol. The largest absolute Gasteiger partial charge is 0.310 e. The summed E-state index contributed by atoms with van der Waals surface area (Å²) in [6.07, 6.45) is -0.761. The number of fused-ring (bicyclic) bond motifs is 1. The molecule has 0 unspecified atom stereocenters. The van der Waals surface area contributed by atoms with E-state index >= 15 is 0 Å². The minimum absolute atomic E-state index is 0.0565. The Morgan fingerprint density at radius 3 is 2.67 bits per heavy atom. The zero-order valence-electron chi connectivity index (χ0n) is 5.48. The van der Waals surface area contributed by atoms with Gasteiger partial charge in [0.25, 0.3) is 6.08 Å². The fourth-order valence-corrected chi connectivity index (χ4v) is 1.23. The summed E-state index contributed by atoms with van der Waals surface area (Å²) in [7, 11) is 0. The van der Waals surface area contributed by atoms with Crippen LogP contribution in [0.2, 0.25) is 10.4 Å². The third kappa shape index (κ3) is 1.11. The van der Waals surface area contributed by atoms with Gasteiger partial charge in [-0.05, 0) is 11.6 Å². The van der Waals surface area contributed by atoms with E-state index in [4.69, 9.17) is 23.2 Å². The number of aromatic amines is 1. The summed E-state index contributed by atoms with van der Waals surface area (Å²) < 4.78 is 12.5. The van der Waals surface area contributed by atoms with E-state index in [1.54, 1.807) is 0 Å². The van der Waals surface area contributed by atoms with Gasteiger partial charge in [0.15, 0.2) is 10.8 Å². The van der Waals surface area contributed by atoms with Crippen molar-refractivity contribution in [3.05, 3.63) is 16.5 Å². The van der Waals surface area contributed by atoms with Crippen LogP contribution in [0.15, 0.2) is 0 Å². The highest BCUT2D eigenvalue weighted by Crippen LogP contribution is 2.18. The first kappa shape index (κ1) is 7.70. The molecule has 62 valence electrons. The van der Waals surface area contributed by atoms with Crippen molar-refractivity contribution in [1.82, 2.24) is 19.9 Å². The molecule has 0 aliphatic rings. The van der Waals surface area contributed by atoms with Crippen LogP contribution < -0.4 is 0 Å². The van der Waals surface area contributed by atoms with E-state index in [2.05, 4.69) is 19.9 Å². The summed E-state index contributed by atoms with van der Waals surface area (Å²) in [4.78, 5) is 12.9. The van der Waals surface area contributed by atoms with E-state index in [1.807, 2.05) is 0 Å². The molecule has 0 aromatic carbocycles. The molecule has 0 aliphatic heterocycles. The molecule has 0 aliphatic carbocycles. The Morgan fingerprint density at radius 1 is 1.17 bits per heavy atom. The third-order valence-electron chi connectivity index (χ3n) is 1.25. The van der Waals surface area contributed by atoms with Crippen LogP contribution in [0.25, 0.3) is 11.2 Å². The highest BCUT2D eigenvalue weighted by atomic mass is 35.5. The Balaban J connectivity index is 2.88. The normalized spacial score (nSPS) is 10.9. The zero-order valence-corrected chi connectivity index (χ0v) is 6.99. The number of imidazole rings is 1. The van der Waals surface area contributed by atoms with Crippen molar-refractivity contribution in [1.29, 1.82) is 0 Å². The summed E-state index contributed by atoms with van der Waals surface area (Å²) in [6, 6.07) is 0. The monoisotopic (exact) mass is 206 g/mol. The Bertz CT molecular complexity index is 440. The topological polar surface area (TPSA) is 54.5 Å². The van der Waals surface area contributed by atoms with Gasteiger partial charge in [0.2, 0.25) is 5.28 Å². The molecule has 2 aromatic heterocycles. The van der Waals surface area contributed by atoms with Crippen LogP contribution in [0, 0.1) is 6.08 Å². The molecule has 1 N–H and O–H groups in total. The van der Waals surface area contributed by atoms with Gasteiger partial charge in [0, 0.05) is 0 Å². The third-order valence-corrected chi connectivity index (χ3v) is 1.69. The molecule has 0 saturated heterocycles. The molecule has 0 amide bonds. The Kier molecular flexibility index (Phi) is 1.62. The lowest BCUT2D eigenvalue weighted by atomic mass is 10.6. The van der Waals surface area contributed by atoms with Crippen molar-refractivity contribution in [3.8, 4) is 0 Å². The quantitative estimate of drug-likeness (QED) is 0.407. The number of halogens is 3. The first-order chi connectivity index (χ1) is 5.66. The first-order valence-electron chi connectivity index (χ1n) is 2.91. The smallest absolute Gasteiger partial charge is 0.289 e. The van der Waals surface area contributed by atoms with E-state index in [1.165, 1.54) is 0 Å². The predicted octanol–water partition coefficient (Wildman–Crippen LogP) is 1.80. The van der Waals surface area contributed by atoms with E-state index in [0.717, 1.165) is 0 Å². The minimum Gasteiger partial charge on any atom is -0.310 e. The molecule has 12 heavy (non-hydrogen) atoms.